The van der Waals surface area contributed by atoms with Gasteiger partial charge in [-0.2, -0.15) is 0 Å². The van der Waals surface area contributed by atoms with Crippen LogP contribution in [0.4, 0.5) is 0 Å². The highest BCUT2D eigenvalue weighted by atomic mass is 79.9. The standard InChI is InChI=1S/C12H19BrN2/c1-2-3-4-5-8-11(14)12-10(13)7-6-9-15-12/h6-7,9,11H,2-5,8,14H2,1H3. The number of aromatic nitrogens is 1. The quantitative estimate of drug-likeness (QED) is 0.799. The molecule has 0 aliphatic rings. The predicted molar refractivity (Wildman–Crippen MR) is 67.6 cm³/mol. The van der Waals surface area contributed by atoms with Gasteiger partial charge in [0.1, 0.15) is 0 Å². The second kappa shape index (κ2) is 6.96. The van der Waals surface area contributed by atoms with E-state index in [0.717, 1.165) is 16.6 Å². The largest absolute Gasteiger partial charge is 0.323 e. The average Bonchev–Trinajstić information content (AvgIpc) is 2.25. The molecule has 1 aromatic rings. The van der Waals surface area contributed by atoms with Crippen LogP contribution in [0.5, 0.6) is 0 Å². The average molecular weight is 271 g/mol. The second-order valence-corrected chi connectivity index (χ2v) is 4.68. The first-order valence-electron chi connectivity index (χ1n) is 5.61. The molecule has 0 bridgehead atoms. The summed E-state index contributed by atoms with van der Waals surface area (Å²) in [6.07, 6.45) is 7.85. The predicted octanol–water partition coefficient (Wildman–Crippen LogP) is 3.81. The number of nitrogens with zero attached hydrogens (tertiary/aromatic N) is 1. The van der Waals surface area contributed by atoms with Gasteiger partial charge in [-0.25, -0.2) is 0 Å². The normalized spacial score (nSPS) is 12.7. The van der Waals surface area contributed by atoms with Crippen molar-refractivity contribution in [2.45, 2.75) is 45.1 Å². The fourth-order valence-electron chi connectivity index (χ4n) is 1.60. The molecule has 0 amide bonds. The molecule has 1 aromatic heterocycles. The number of hydrogen-bond acceptors (Lipinski definition) is 2. The van der Waals surface area contributed by atoms with Crippen LogP contribution in [0, 0.1) is 0 Å². The summed E-state index contributed by atoms with van der Waals surface area (Å²) >= 11 is 3.48. The van der Waals surface area contributed by atoms with Crippen LogP contribution in [0.2, 0.25) is 0 Å². The van der Waals surface area contributed by atoms with Gasteiger partial charge in [-0.05, 0) is 34.5 Å². The molecule has 1 unspecified atom stereocenters. The van der Waals surface area contributed by atoms with Gasteiger partial charge in [-0.3, -0.25) is 4.98 Å². The summed E-state index contributed by atoms with van der Waals surface area (Å²) in [6.45, 7) is 2.22. The van der Waals surface area contributed by atoms with E-state index < -0.39 is 0 Å². The summed E-state index contributed by atoms with van der Waals surface area (Å²) in [6, 6.07) is 3.98. The number of pyridine rings is 1. The first kappa shape index (κ1) is 12.7. The van der Waals surface area contributed by atoms with E-state index in [-0.39, 0.29) is 6.04 Å². The molecule has 0 aromatic carbocycles. The highest BCUT2D eigenvalue weighted by molar-refractivity contribution is 9.10. The van der Waals surface area contributed by atoms with E-state index in [9.17, 15) is 0 Å². The Morgan fingerprint density at radius 3 is 2.87 bits per heavy atom. The van der Waals surface area contributed by atoms with Gasteiger partial charge in [0.05, 0.1) is 5.69 Å². The van der Waals surface area contributed by atoms with E-state index in [1.165, 1.54) is 25.7 Å². The van der Waals surface area contributed by atoms with Gasteiger partial charge in [-0.15, -0.1) is 0 Å². The lowest BCUT2D eigenvalue weighted by molar-refractivity contribution is 0.556. The smallest absolute Gasteiger partial charge is 0.0712 e. The third-order valence-electron chi connectivity index (χ3n) is 2.51. The molecule has 3 heteroatoms. The minimum atomic E-state index is 0.0671. The highest BCUT2D eigenvalue weighted by Crippen LogP contribution is 2.22. The van der Waals surface area contributed by atoms with Gasteiger partial charge in [-0.1, -0.05) is 32.6 Å². The monoisotopic (exact) mass is 270 g/mol. The van der Waals surface area contributed by atoms with Gasteiger partial charge in [0.25, 0.3) is 0 Å². The Hall–Kier alpha value is -0.410. The van der Waals surface area contributed by atoms with Crippen LogP contribution in [0.3, 0.4) is 0 Å². The molecule has 1 heterocycles. The Labute approximate surface area is 100 Å². The van der Waals surface area contributed by atoms with E-state index in [0.29, 0.717) is 0 Å². The fraction of sp³-hybridized carbons (Fsp3) is 0.583. The molecule has 0 spiro atoms. The topological polar surface area (TPSA) is 38.9 Å². The minimum Gasteiger partial charge on any atom is -0.323 e. The first-order chi connectivity index (χ1) is 7.25. The van der Waals surface area contributed by atoms with Crippen molar-refractivity contribution < 1.29 is 0 Å². The maximum absolute atomic E-state index is 6.09. The minimum absolute atomic E-state index is 0.0671. The van der Waals surface area contributed by atoms with Crippen LogP contribution in [-0.2, 0) is 0 Å². The maximum atomic E-state index is 6.09. The number of rotatable bonds is 6. The van der Waals surface area contributed by atoms with Crippen molar-refractivity contribution in [2.75, 3.05) is 0 Å². The molecule has 0 saturated carbocycles. The molecule has 1 rings (SSSR count). The van der Waals surface area contributed by atoms with Crippen LogP contribution in [-0.4, -0.2) is 4.98 Å². The zero-order valence-corrected chi connectivity index (χ0v) is 10.8. The van der Waals surface area contributed by atoms with Crippen molar-refractivity contribution in [2.24, 2.45) is 5.73 Å². The first-order valence-corrected chi connectivity index (χ1v) is 6.41. The summed E-state index contributed by atoms with van der Waals surface area (Å²) in [5.41, 5.74) is 7.07. The Bertz CT molecular complexity index is 289. The van der Waals surface area contributed by atoms with Crippen LogP contribution >= 0.6 is 15.9 Å². The molecule has 0 fully saturated rings. The summed E-state index contributed by atoms with van der Waals surface area (Å²) in [7, 11) is 0. The van der Waals surface area contributed by atoms with E-state index in [4.69, 9.17) is 5.73 Å². The zero-order chi connectivity index (χ0) is 11.1. The molecule has 2 N–H and O–H groups in total. The molecule has 0 aliphatic heterocycles. The van der Waals surface area contributed by atoms with Gasteiger partial charge in [0.2, 0.25) is 0 Å². The van der Waals surface area contributed by atoms with E-state index >= 15 is 0 Å². The van der Waals surface area contributed by atoms with Gasteiger partial charge < -0.3 is 5.73 Å². The second-order valence-electron chi connectivity index (χ2n) is 3.83. The van der Waals surface area contributed by atoms with Gasteiger partial charge >= 0.3 is 0 Å². The van der Waals surface area contributed by atoms with Gasteiger partial charge in [0.15, 0.2) is 0 Å². The fourth-order valence-corrected chi connectivity index (χ4v) is 2.15. The van der Waals surface area contributed by atoms with Crippen molar-refractivity contribution in [1.29, 1.82) is 0 Å². The Morgan fingerprint density at radius 2 is 2.20 bits per heavy atom. The zero-order valence-electron chi connectivity index (χ0n) is 9.25. The van der Waals surface area contributed by atoms with E-state index in [2.05, 4.69) is 27.8 Å². The lowest BCUT2D eigenvalue weighted by Crippen LogP contribution is -2.12. The molecule has 0 radical (unpaired) electrons. The van der Waals surface area contributed by atoms with Crippen molar-refractivity contribution in [3.63, 3.8) is 0 Å². The SMILES string of the molecule is CCCCCCC(N)c1ncccc1Br. The van der Waals surface area contributed by atoms with Crippen molar-refractivity contribution in [3.8, 4) is 0 Å². The van der Waals surface area contributed by atoms with Gasteiger partial charge in [0, 0.05) is 16.7 Å². The van der Waals surface area contributed by atoms with Crippen LogP contribution in [0.1, 0.15) is 50.8 Å². The molecule has 84 valence electrons. The molecule has 0 saturated heterocycles. The molecule has 2 nitrogen and oxygen atoms in total. The van der Waals surface area contributed by atoms with Crippen molar-refractivity contribution >= 4 is 15.9 Å². The summed E-state index contributed by atoms with van der Waals surface area (Å²) in [5, 5.41) is 0. The number of unbranched alkanes of at least 4 members (excludes halogenated alkanes) is 3. The molecular weight excluding hydrogens is 252 g/mol. The molecule has 1 atom stereocenters. The van der Waals surface area contributed by atoms with E-state index in [1.54, 1.807) is 6.20 Å². The van der Waals surface area contributed by atoms with Crippen molar-refractivity contribution in [1.82, 2.24) is 4.98 Å². The summed E-state index contributed by atoms with van der Waals surface area (Å²) in [5.74, 6) is 0. The molecule has 15 heavy (non-hydrogen) atoms. The van der Waals surface area contributed by atoms with Crippen molar-refractivity contribution in [3.05, 3.63) is 28.5 Å². The molecular formula is C12H19BrN2. The number of halogens is 1. The summed E-state index contributed by atoms with van der Waals surface area (Å²) < 4.78 is 1.02. The maximum Gasteiger partial charge on any atom is 0.0712 e. The molecule has 0 aliphatic carbocycles. The van der Waals surface area contributed by atoms with Crippen LogP contribution in [0.15, 0.2) is 22.8 Å². The Morgan fingerprint density at radius 1 is 1.40 bits per heavy atom. The highest BCUT2D eigenvalue weighted by Gasteiger charge is 2.09. The Balaban J connectivity index is 2.40. The Kier molecular flexibility index (Phi) is 5.88. The third kappa shape index (κ3) is 4.31. The number of hydrogen-bond donors (Lipinski definition) is 1. The lowest BCUT2D eigenvalue weighted by Gasteiger charge is -2.12. The van der Waals surface area contributed by atoms with E-state index in [1.807, 2.05) is 12.1 Å². The number of nitrogens with two attached hydrogens (primary N) is 1. The lowest BCUT2D eigenvalue weighted by atomic mass is 10.1. The third-order valence-corrected chi connectivity index (χ3v) is 3.18. The van der Waals surface area contributed by atoms with Crippen LogP contribution < -0.4 is 5.73 Å². The van der Waals surface area contributed by atoms with Crippen LogP contribution in [0.25, 0.3) is 0 Å². The summed E-state index contributed by atoms with van der Waals surface area (Å²) in [4.78, 5) is 4.31.